The maximum absolute atomic E-state index is 11.9. The number of aryl methyl sites for hydroxylation is 1. The van der Waals surface area contributed by atoms with E-state index >= 15 is 0 Å². The number of amides is 2. The molecule has 4 N–H and O–H groups in total. The number of hydrogen-bond acceptors (Lipinski definition) is 5. The number of pyridine rings is 1. The third kappa shape index (κ3) is 9.29. The van der Waals surface area contributed by atoms with Crippen LogP contribution in [0.15, 0.2) is 18.2 Å². The molecule has 0 bridgehead atoms. The summed E-state index contributed by atoms with van der Waals surface area (Å²) in [5.74, 6) is -0.138. The van der Waals surface area contributed by atoms with Crippen molar-refractivity contribution < 1.29 is 19.5 Å². The predicted molar refractivity (Wildman–Crippen MR) is 93.7 cm³/mol. The highest BCUT2D eigenvalue weighted by Crippen LogP contribution is 2.11. The van der Waals surface area contributed by atoms with Gasteiger partial charge in [0.25, 0.3) is 0 Å². The fourth-order valence-corrected chi connectivity index (χ4v) is 2.41. The average Bonchev–Trinajstić information content (AvgIpc) is 2.61. The van der Waals surface area contributed by atoms with E-state index in [1.165, 1.54) is 6.42 Å². The molecule has 8 heteroatoms. The largest absolute Gasteiger partial charge is 0.481 e. The Morgan fingerprint density at radius 2 is 1.96 bits per heavy atom. The van der Waals surface area contributed by atoms with Gasteiger partial charge in [-0.25, -0.2) is 4.98 Å². The second-order valence-corrected chi connectivity index (χ2v) is 5.71. The Morgan fingerprint density at radius 1 is 1.24 bits per heavy atom. The number of likely N-dealkylation sites (tertiary alicyclic amines) is 1. The van der Waals surface area contributed by atoms with Gasteiger partial charge in [-0.3, -0.25) is 14.4 Å². The average molecular weight is 350 g/mol. The van der Waals surface area contributed by atoms with Crippen molar-refractivity contribution in [1.82, 2.24) is 15.2 Å². The number of rotatable bonds is 7. The fourth-order valence-electron chi connectivity index (χ4n) is 2.41. The standard InChI is InChI=1S/C13H19N3O.C4H7NO3/c14-12-6-4-5-11(15-12)7-8-13(17)16-9-2-1-3-10-16;6-3-5-2-1-4(7)8/h4-6H,1-3,7-10H2,(H2,14,15);3H,1-2H2,(H,5,6)(H,7,8). The van der Waals surface area contributed by atoms with Crippen molar-refractivity contribution in [2.75, 3.05) is 25.4 Å². The zero-order valence-electron chi connectivity index (χ0n) is 14.3. The van der Waals surface area contributed by atoms with Gasteiger partial charge in [0.05, 0.1) is 6.42 Å². The number of aromatic nitrogens is 1. The van der Waals surface area contributed by atoms with Crippen LogP contribution in [-0.2, 0) is 20.8 Å². The Balaban J connectivity index is 0.000000333. The minimum atomic E-state index is -0.903. The van der Waals surface area contributed by atoms with Gasteiger partial charge in [-0.05, 0) is 37.8 Å². The van der Waals surface area contributed by atoms with Gasteiger partial charge in [0, 0.05) is 31.7 Å². The van der Waals surface area contributed by atoms with Crippen molar-refractivity contribution >= 4 is 24.1 Å². The van der Waals surface area contributed by atoms with E-state index in [1.807, 2.05) is 17.0 Å². The van der Waals surface area contributed by atoms with Crippen LogP contribution < -0.4 is 11.1 Å². The molecule has 0 unspecified atom stereocenters. The van der Waals surface area contributed by atoms with Crippen LogP contribution in [0, 0.1) is 0 Å². The van der Waals surface area contributed by atoms with Crippen LogP contribution in [0.3, 0.4) is 0 Å². The van der Waals surface area contributed by atoms with E-state index in [9.17, 15) is 14.4 Å². The molecule has 2 rings (SSSR count). The summed E-state index contributed by atoms with van der Waals surface area (Å²) < 4.78 is 0. The van der Waals surface area contributed by atoms with Crippen LogP contribution in [0.1, 0.15) is 37.8 Å². The van der Waals surface area contributed by atoms with Gasteiger partial charge < -0.3 is 21.1 Å². The van der Waals surface area contributed by atoms with E-state index in [-0.39, 0.29) is 18.9 Å². The summed E-state index contributed by atoms with van der Waals surface area (Å²) in [5, 5.41) is 10.2. The number of nitrogens with zero attached hydrogens (tertiary/aromatic N) is 2. The Morgan fingerprint density at radius 3 is 2.56 bits per heavy atom. The molecule has 0 saturated carbocycles. The molecule has 1 aliphatic rings. The van der Waals surface area contributed by atoms with Crippen molar-refractivity contribution in [2.24, 2.45) is 0 Å². The summed E-state index contributed by atoms with van der Waals surface area (Å²) >= 11 is 0. The predicted octanol–water partition coefficient (Wildman–Crippen LogP) is 0.816. The summed E-state index contributed by atoms with van der Waals surface area (Å²) in [6.07, 6.45) is 5.21. The first-order valence-electron chi connectivity index (χ1n) is 8.41. The van der Waals surface area contributed by atoms with Crippen molar-refractivity contribution in [3.63, 3.8) is 0 Å². The molecule has 0 aromatic carbocycles. The molecule has 0 spiro atoms. The Bertz CT molecular complexity index is 559. The molecule has 1 aliphatic heterocycles. The Hall–Kier alpha value is -2.64. The van der Waals surface area contributed by atoms with Crippen molar-refractivity contribution in [1.29, 1.82) is 0 Å². The van der Waals surface area contributed by atoms with Gasteiger partial charge in [-0.1, -0.05) is 6.07 Å². The third-order valence-electron chi connectivity index (χ3n) is 3.70. The SMILES string of the molecule is Nc1cccc(CCC(=O)N2CCCCC2)n1.O=CNCCC(=O)O. The minimum Gasteiger partial charge on any atom is -0.481 e. The summed E-state index contributed by atoms with van der Waals surface area (Å²) in [6, 6.07) is 5.55. The van der Waals surface area contributed by atoms with Gasteiger partial charge in [0.1, 0.15) is 5.82 Å². The van der Waals surface area contributed by atoms with E-state index in [4.69, 9.17) is 10.8 Å². The summed E-state index contributed by atoms with van der Waals surface area (Å²) in [5.41, 5.74) is 6.50. The van der Waals surface area contributed by atoms with E-state index in [0.717, 1.165) is 31.6 Å². The first-order valence-corrected chi connectivity index (χ1v) is 8.41. The number of carbonyl (C=O) groups is 3. The highest BCUT2D eigenvalue weighted by molar-refractivity contribution is 5.76. The van der Waals surface area contributed by atoms with Crippen LogP contribution in [0.2, 0.25) is 0 Å². The molecule has 1 saturated heterocycles. The highest BCUT2D eigenvalue weighted by Gasteiger charge is 2.16. The topological polar surface area (TPSA) is 126 Å². The summed E-state index contributed by atoms with van der Waals surface area (Å²) in [7, 11) is 0. The van der Waals surface area contributed by atoms with Crippen LogP contribution in [-0.4, -0.2) is 52.9 Å². The highest BCUT2D eigenvalue weighted by atomic mass is 16.4. The van der Waals surface area contributed by atoms with E-state index in [0.29, 0.717) is 25.1 Å². The Kier molecular flexibility index (Phi) is 9.65. The van der Waals surface area contributed by atoms with Crippen molar-refractivity contribution in [3.8, 4) is 0 Å². The lowest BCUT2D eigenvalue weighted by molar-refractivity contribution is -0.137. The molecular formula is C17H26N4O4. The zero-order valence-corrected chi connectivity index (χ0v) is 14.3. The number of carbonyl (C=O) groups excluding carboxylic acids is 2. The number of nitrogens with one attached hydrogen (secondary N) is 1. The maximum atomic E-state index is 11.9. The number of hydrogen-bond donors (Lipinski definition) is 3. The quantitative estimate of drug-likeness (QED) is 0.494. The molecule has 0 aliphatic carbocycles. The molecule has 0 atom stereocenters. The molecule has 0 radical (unpaired) electrons. The maximum Gasteiger partial charge on any atom is 0.305 e. The molecule has 8 nitrogen and oxygen atoms in total. The minimum absolute atomic E-state index is 0.0151. The fraction of sp³-hybridized carbons (Fsp3) is 0.529. The van der Waals surface area contributed by atoms with E-state index in [1.54, 1.807) is 6.07 Å². The zero-order chi connectivity index (χ0) is 18.5. The van der Waals surface area contributed by atoms with Gasteiger partial charge in [0.2, 0.25) is 12.3 Å². The molecule has 1 aromatic rings. The molecule has 2 amide bonds. The first-order chi connectivity index (χ1) is 12.0. The van der Waals surface area contributed by atoms with Crippen LogP contribution in [0.25, 0.3) is 0 Å². The van der Waals surface area contributed by atoms with Crippen LogP contribution >= 0.6 is 0 Å². The van der Waals surface area contributed by atoms with Gasteiger partial charge in [0.15, 0.2) is 0 Å². The lowest BCUT2D eigenvalue weighted by Crippen LogP contribution is -2.35. The monoisotopic (exact) mass is 350 g/mol. The van der Waals surface area contributed by atoms with E-state index in [2.05, 4.69) is 10.3 Å². The summed E-state index contributed by atoms with van der Waals surface area (Å²) in [6.45, 7) is 2.05. The molecule has 1 aromatic heterocycles. The number of piperidine rings is 1. The number of carboxylic acid groups (broad SMARTS) is 1. The van der Waals surface area contributed by atoms with Crippen LogP contribution in [0.5, 0.6) is 0 Å². The van der Waals surface area contributed by atoms with Crippen LogP contribution in [0.4, 0.5) is 5.82 Å². The molecular weight excluding hydrogens is 324 g/mol. The second-order valence-electron chi connectivity index (χ2n) is 5.71. The number of nitrogen functional groups attached to an aromatic ring is 1. The van der Waals surface area contributed by atoms with Gasteiger partial charge in [-0.2, -0.15) is 0 Å². The number of aliphatic carboxylic acids is 1. The van der Waals surface area contributed by atoms with Crippen molar-refractivity contribution in [3.05, 3.63) is 23.9 Å². The number of carboxylic acids is 1. The second kappa shape index (κ2) is 11.8. The van der Waals surface area contributed by atoms with Gasteiger partial charge in [-0.15, -0.1) is 0 Å². The third-order valence-corrected chi connectivity index (χ3v) is 3.70. The first kappa shape index (κ1) is 20.4. The van der Waals surface area contributed by atoms with Gasteiger partial charge >= 0.3 is 5.97 Å². The lowest BCUT2D eigenvalue weighted by atomic mass is 10.1. The lowest BCUT2D eigenvalue weighted by Gasteiger charge is -2.26. The molecule has 25 heavy (non-hydrogen) atoms. The Labute approximate surface area is 147 Å². The molecule has 2 heterocycles. The normalized spacial score (nSPS) is 13.4. The molecule has 1 fully saturated rings. The number of anilines is 1. The summed E-state index contributed by atoms with van der Waals surface area (Å²) in [4.78, 5) is 37.3. The molecule has 138 valence electrons. The van der Waals surface area contributed by atoms with Crippen molar-refractivity contribution in [2.45, 2.75) is 38.5 Å². The van der Waals surface area contributed by atoms with E-state index < -0.39 is 5.97 Å². The number of nitrogens with two attached hydrogens (primary N) is 1. The smallest absolute Gasteiger partial charge is 0.305 e.